The molecule has 0 bridgehead atoms. The van der Waals surface area contributed by atoms with Crippen LogP contribution in [0.25, 0.3) is 0 Å². The van der Waals surface area contributed by atoms with E-state index in [1.54, 1.807) is 41.5 Å². The molecule has 2 atom stereocenters. The quantitative estimate of drug-likeness (QED) is 0.428. The molecule has 1 saturated heterocycles. The summed E-state index contributed by atoms with van der Waals surface area (Å²) in [6.45, 7) is 11.5. The molecular formula is C13H28O5Ti. The SMILES string of the molecule is CC(C)[O-].CC(C)[O-].CC(C)[O-].C[C@@H]1O[C@H]1C[O-].[Ti+4]. The zero-order valence-corrected chi connectivity index (χ0v) is 14.7. The summed E-state index contributed by atoms with van der Waals surface area (Å²) in [5, 5.41) is 38.4. The zero-order valence-electron chi connectivity index (χ0n) is 13.1. The van der Waals surface area contributed by atoms with Crippen LogP contribution in [0.1, 0.15) is 48.5 Å². The monoisotopic (exact) mass is 312 g/mol. The van der Waals surface area contributed by atoms with Gasteiger partial charge in [0.25, 0.3) is 0 Å². The van der Waals surface area contributed by atoms with E-state index in [1.807, 2.05) is 6.92 Å². The predicted molar refractivity (Wildman–Crippen MR) is 64.6 cm³/mol. The van der Waals surface area contributed by atoms with E-state index in [2.05, 4.69) is 0 Å². The second kappa shape index (κ2) is 18.5. The van der Waals surface area contributed by atoms with Gasteiger partial charge < -0.3 is 25.2 Å². The van der Waals surface area contributed by atoms with E-state index in [0.717, 1.165) is 0 Å². The molecule has 1 aliphatic rings. The fraction of sp³-hybridized carbons (Fsp3) is 1.00. The van der Waals surface area contributed by atoms with Crippen molar-refractivity contribution in [1.82, 2.24) is 0 Å². The van der Waals surface area contributed by atoms with Crippen LogP contribution in [0.15, 0.2) is 0 Å². The molecule has 1 rings (SSSR count). The number of rotatable bonds is 1. The minimum Gasteiger partial charge on any atom is -0.853 e. The average Bonchev–Trinajstić information content (AvgIpc) is 2.78. The van der Waals surface area contributed by atoms with Crippen LogP contribution in [0.5, 0.6) is 0 Å². The fourth-order valence-corrected chi connectivity index (χ4v) is 0.405. The Labute approximate surface area is 132 Å². The molecule has 0 amide bonds. The molecule has 0 saturated carbocycles. The number of hydrogen-bond acceptors (Lipinski definition) is 5. The van der Waals surface area contributed by atoms with Crippen LogP contribution in [0.4, 0.5) is 0 Å². The van der Waals surface area contributed by atoms with E-state index in [1.165, 1.54) is 0 Å². The molecule has 1 fully saturated rings. The Kier molecular flexibility index (Phi) is 27.1. The Hall–Kier alpha value is 0.514. The molecule has 19 heavy (non-hydrogen) atoms. The van der Waals surface area contributed by atoms with Gasteiger partial charge in [0.05, 0.1) is 12.2 Å². The second-order valence-corrected chi connectivity index (χ2v) is 4.69. The van der Waals surface area contributed by atoms with Gasteiger partial charge in [0.15, 0.2) is 0 Å². The van der Waals surface area contributed by atoms with Crippen molar-refractivity contribution in [3.8, 4) is 0 Å². The average molecular weight is 312 g/mol. The zero-order chi connectivity index (χ0) is 15.3. The van der Waals surface area contributed by atoms with Gasteiger partial charge in [0, 0.05) is 0 Å². The maximum atomic E-state index is 9.78. The van der Waals surface area contributed by atoms with Gasteiger partial charge in [-0.25, -0.2) is 0 Å². The van der Waals surface area contributed by atoms with Crippen molar-refractivity contribution < 1.29 is 46.9 Å². The van der Waals surface area contributed by atoms with Crippen LogP contribution in [-0.2, 0) is 26.5 Å². The summed E-state index contributed by atoms with van der Waals surface area (Å²) in [7, 11) is 0. The minimum atomic E-state index is -0.417. The van der Waals surface area contributed by atoms with Crippen molar-refractivity contribution in [3.05, 3.63) is 0 Å². The third-order valence-electron chi connectivity index (χ3n) is 1.00. The smallest absolute Gasteiger partial charge is 0.853 e. The molecule has 114 valence electrons. The van der Waals surface area contributed by atoms with E-state index in [9.17, 15) is 20.4 Å². The van der Waals surface area contributed by atoms with Crippen molar-refractivity contribution in [3.63, 3.8) is 0 Å². The summed E-state index contributed by atoms with van der Waals surface area (Å²) in [6.07, 6.45) is -0.951. The van der Waals surface area contributed by atoms with Crippen LogP contribution < -0.4 is 20.4 Å². The predicted octanol–water partition coefficient (Wildman–Crippen LogP) is -1.60. The molecule has 5 nitrogen and oxygen atoms in total. The van der Waals surface area contributed by atoms with Crippen molar-refractivity contribution in [2.24, 2.45) is 0 Å². The van der Waals surface area contributed by atoms with Crippen LogP contribution in [0.3, 0.4) is 0 Å². The standard InChI is InChI=1S/C4H7O2.3C3H7O.Ti/c1-3-4(2-5)6-3;3*1-3(2)4;/h3-4H,2H2,1H3;3*3H,1-2H3;/q4*-1;+4/t3-,4-;;;;/m0..../s1. The molecule has 0 radical (unpaired) electrons. The topological polar surface area (TPSA) is 105 Å². The molecule has 0 spiro atoms. The van der Waals surface area contributed by atoms with Gasteiger partial charge in [0.1, 0.15) is 0 Å². The van der Waals surface area contributed by atoms with Gasteiger partial charge in [-0.3, -0.25) is 0 Å². The van der Waals surface area contributed by atoms with Crippen LogP contribution >= 0.6 is 0 Å². The first-order valence-electron chi connectivity index (χ1n) is 6.25. The van der Waals surface area contributed by atoms with E-state index >= 15 is 0 Å². The second-order valence-electron chi connectivity index (χ2n) is 4.69. The van der Waals surface area contributed by atoms with E-state index in [0.29, 0.717) is 0 Å². The molecule has 0 N–H and O–H groups in total. The Morgan fingerprint density at radius 2 is 1.00 bits per heavy atom. The van der Waals surface area contributed by atoms with Crippen LogP contribution in [0.2, 0.25) is 0 Å². The third-order valence-corrected chi connectivity index (χ3v) is 1.00. The normalized spacial score (nSPS) is 19.3. The van der Waals surface area contributed by atoms with E-state index < -0.39 is 18.3 Å². The Morgan fingerprint density at radius 1 is 0.842 bits per heavy atom. The number of epoxide rings is 1. The molecule has 1 heterocycles. The maximum absolute atomic E-state index is 9.78. The Bertz CT molecular complexity index is 129. The first-order chi connectivity index (χ1) is 8.04. The molecule has 1 aliphatic heterocycles. The molecule has 0 unspecified atom stereocenters. The number of hydrogen-bond donors (Lipinski definition) is 0. The summed E-state index contributed by atoms with van der Waals surface area (Å²) in [5.41, 5.74) is 0. The number of ether oxygens (including phenoxy) is 1. The van der Waals surface area contributed by atoms with Gasteiger partial charge >= 0.3 is 21.7 Å². The summed E-state index contributed by atoms with van der Waals surface area (Å²) in [6, 6.07) is 0. The van der Waals surface area contributed by atoms with Gasteiger partial charge in [-0.15, -0.1) is 24.9 Å². The molecule has 0 aromatic carbocycles. The van der Waals surface area contributed by atoms with E-state index in [4.69, 9.17) is 4.74 Å². The first kappa shape index (κ1) is 27.8. The first-order valence-corrected chi connectivity index (χ1v) is 6.25. The minimum absolute atomic E-state index is 0. The van der Waals surface area contributed by atoms with Gasteiger partial charge in [0.2, 0.25) is 0 Å². The van der Waals surface area contributed by atoms with Crippen LogP contribution in [0, 0.1) is 0 Å². The van der Waals surface area contributed by atoms with Crippen LogP contribution in [-0.4, -0.2) is 37.1 Å². The molecular weight excluding hydrogens is 284 g/mol. The molecule has 0 aromatic heterocycles. The largest absolute Gasteiger partial charge is 4.00 e. The molecule has 0 aliphatic carbocycles. The van der Waals surface area contributed by atoms with Gasteiger partial charge in [-0.05, 0) is 6.92 Å². The van der Waals surface area contributed by atoms with Gasteiger partial charge in [-0.1, -0.05) is 41.5 Å². The Balaban J connectivity index is -0.0000000796. The molecule has 0 aromatic rings. The summed E-state index contributed by atoms with van der Waals surface area (Å²) < 4.78 is 4.75. The Morgan fingerprint density at radius 3 is 1.00 bits per heavy atom. The van der Waals surface area contributed by atoms with Crippen molar-refractivity contribution in [2.45, 2.75) is 79.0 Å². The summed E-state index contributed by atoms with van der Waals surface area (Å²) in [5.74, 6) is 0. The molecule has 6 heteroatoms. The van der Waals surface area contributed by atoms with Crippen molar-refractivity contribution in [2.75, 3.05) is 6.61 Å². The third kappa shape index (κ3) is 69.7. The maximum Gasteiger partial charge on any atom is 4.00 e. The summed E-state index contributed by atoms with van der Waals surface area (Å²) >= 11 is 0. The summed E-state index contributed by atoms with van der Waals surface area (Å²) in [4.78, 5) is 0. The van der Waals surface area contributed by atoms with Crippen molar-refractivity contribution in [1.29, 1.82) is 0 Å². The van der Waals surface area contributed by atoms with E-state index in [-0.39, 0.29) is 40.5 Å². The van der Waals surface area contributed by atoms with Crippen molar-refractivity contribution >= 4 is 0 Å². The fourth-order valence-electron chi connectivity index (χ4n) is 0.405. The van der Waals surface area contributed by atoms with Gasteiger partial charge in [-0.2, -0.15) is 0 Å².